The van der Waals surface area contributed by atoms with E-state index < -0.39 is 11.2 Å². The molecule has 9 heteroatoms. The highest BCUT2D eigenvalue weighted by Gasteiger charge is 2.18. The standard InChI is InChI=1S/C23H20N4O5/c1-31-19-8-7-16(11-20(19)32-2)18(28)14-26-17-6-4-10-25-21(17)22(29)27(23(26)30)13-15-5-3-9-24-12-15/h3-12H,13-14H2,1-2H3. The average molecular weight is 432 g/mol. The molecule has 0 aliphatic rings. The third kappa shape index (κ3) is 3.87. The molecule has 3 heterocycles. The summed E-state index contributed by atoms with van der Waals surface area (Å²) in [4.78, 5) is 47.5. The molecule has 0 atom stereocenters. The number of benzene rings is 1. The van der Waals surface area contributed by atoms with Gasteiger partial charge in [-0.2, -0.15) is 0 Å². The zero-order valence-corrected chi connectivity index (χ0v) is 17.5. The van der Waals surface area contributed by atoms with Crippen molar-refractivity contribution in [3.8, 4) is 11.5 Å². The van der Waals surface area contributed by atoms with Gasteiger partial charge in [0.05, 0.1) is 32.8 Å². The van der Waals surface area contributed by atoms with Crippen molar-refractivity contribution in [1.82, 2.24) is 19.1 Å². The molecule has 4 rings (SSSR count). The maximum absolute atomic E-state index is 13.3. The number of ether oxygens (including phenoxy) is 2. The first-order valence-corrected chi connectivity index (χ1v) is 9.76. The molecule has 9 nitrogen and oxygen atoms in total. The van der Waals surface area contributed by atoms with Crippen molar-refractivity contribution < 1.29 is 14.3 Å². The third-order valence-electron chi connectivity index (χ3n) is 5.06. The Morgan fingerprint density at radius 3 is 2.47 bits per heavy atom. The Labute approximate surface area is 182 Å². The Morgan fingerprint density at radius 1 is 0.969 bits per heavy atom. The number of hydrogen-bond acceptors (Lipinski definition) is 7. The van der Waals surface area contributed by atoms with Crippen LogP contribution in [0, 0.1) is 0 Å². The number of Topliss-reactive ketones (excluding diaryl/α,β-unsaturated/α-hetero) is 1. The Bertz CT molecular complexity index is 1410. The van der Waals surface area contributed by atoms with Crippen LogP contribution in [0.2, 0.25) is 0 Å². The topological polar surface area (TPSA) is 105 Å². The summed E-state index contributed by atoms with van der Waals surface area (Å²) in [7, 11) is 2.98. The van der Waals surface area contributed by atoms with Crippen molar-refractivity contribution in [2.45, 2.75) is 13.1 Å². The number of pyridine rings is 2. The zero-order valence-electron chi connectivity index (χ0n) is 17.5. The minimum absolute atomic E-state index is 0.0164. The van der Waals surface area contributed by atoms with Crippen LogP contribution in [0.1, 0.15) is 15.9 Å². The highest BCUT2D eigenvalue weighted by Crippen LogP contribution is 2.27. The van der Waals surface area contributed by atoms with Crippen LogP contribution >= 0.6 is 0 Å². The second kappa shape index (κ2) is 8.84. The molecule has 0 radical (unpaired) electrons. The largest absolute Gasteiger partial charge is 0.493 e. The van der Waals surface area contributed by atoms with Gasteiger partial charge in [-0.15, -0.1) is 0 Å². The van der Waals surface area contributed by atoms with Crippen LogP contribution in [0.15, 0.2) is 70.6 Å². The average Bonchev–Trinajstić information content (AvgIpc) is 2.84. The summed E-state index contributed by atoms with van der Waals surface area (Å²) in [5, 5.41) is 0. The third-order valence-corrected chi connectivity index (χ3v) is 5.06. The molecule has 0 fully saturated rings. The van der Waals surface area contributed by atoms with E-state index in [0.29, 0.717) is 28.1 Å². The van der Waals surface area contributed by atoms with Gasteiger partial charge in [-0.1, -0.05) is 6.07 Å². The van der Waals surface area contributed by atoms with Crippen molar-refractivity contribution in [2.24, 2.45) is 0 Å². The van der Waals surface area contributed by atoms with E-state index in [0.717, 1.165) is 4.57 Å². The first-order chi connectivity index (χ1) is 15.5. The molecule has 162 valence electrons. The fourth-order valence-corrected chi connectivity index (χ4v) is 3.45. The minimum Gasteiger partial charge on any atom is -0.493 e. The highest BCUT2D eigenvalue weighted by atomic mass is 16.5. The number of rotatable bonds is 7. The maximum Gasteiger partial charge on any atom is 0.332 e. The number of hydrogen-bond donors (Lipinski definition) is 0. The monoisotopic (exact) mass is 432 g/mol. The van der Waals surface area contributed by atoms with Crippen molar-refractivity contribution in [3.05, 3.63) is 93.0 Å². The quantitative estimate of drug-likeness (QED) is 0.411. The van der Waals surface area contributed by atoms with E-state index in [1.807, 2.05) is 0 Å². The Hall–Kier alpha value is -4.27. The molecule has 0 spiro atoms. The number of fused-ring (bicyclic) bond motifs is 1. The van der Waals surface area contributed by atoms with Crippen LogP contribution in [0.5, 0.6) is 11.5 Å². The van der Waals surface area contributed by atoms with Crippen LogP contribution in [0.25, 0.3) is 11.0 Å². The van der Waals surface area contributed by atoms with Gasteiger partial charge in [0.25, 0.3) is 5.56 Å². The first kappa shape index (κ1) is 21.0. The van der Waals surface area contributed by atoms with E-state index >= 15 is 0 Å². The molecule has 4 aromatic rings. The molecule has 0 unspecified atom stereocenters. The Morgan fingerprint density at radius 2 is 1.75 bits per heavy atom. The lowest BCUT2D eigenvalue weighted by Gasteiger charge is -2.14. The molecular weight excluding hydrogens is 412 g/mol. The summed E-state index contributed by atoms with van der Waals surface area (Å²) in [6.07, 6.45) is 4.66. The van der Waals surface area contributed by atoms with E-state index in [1.165, 1.54) is 25.0 Å². The summed E-state index contributed by atoms with van der Waals surface area (Å²) < 4.78 is 12.8. The van der Waals surface area contributed by atoms with Crippen LogP contribution in [0.3, 0.4) is 0 Å². The fraction of sp³-hybridized carbons (Fsp3) is 0.174. The summed E-state index contributed by atoms with van der Waals surface area (Å²) in [6.45, 7) is -0.258. The van der Waals surface area contributed by atoms with Crippen LogP contribution in [-0.2, 0) is 13.1 Å². The van der Waals surface area contributed by atoms with Crippen molar-refractivity contribution >= 4 is 16.8 Å². The van der Waals surface area contributed by atoms with E-state index in [2.05, 4.69) is 9.97 Å². The van der Waals surface area contributed by atoms with Gasteiger partial charge < -0.3 is 9.47 Å². The van der Waals surface area contributed by atoms with Gasteiger partial charge in [0, 0.05) is 24.2 Å². The van der Waals surface area contributed by atoms with Crippen molar-refractivity contribution in [3.63, 3.8) is 0 Å². The SMILES string of the molecule is COc1ccc(C(=O)Cn2c(=O)n(Cc3cccnc3)c(=O)c3ncccc32)cc1OC. The fourth-order valence-electron chi connectivity index (χ4n) is 3.45. The molecule has 0 aliphatic heterocycles. The summed E-state index contributed by atoms with van der Waals surface area (Å²) >= 11 is 0. The lowest BCUT2D eigenvalue weighted by Crippen LogP contribution is -2.41. The molecule has 0 bridgehead atoms. The molecule has 32 heavy (non-hydrogen) atoms. The van der Waals surface area contributed by atoms with Gasteiger partial charge in [-0.3, -0.25) is 23.7 Å². The number of carbonyl (C=O) groups excluding carboxylic acids is 1. The smallest absolute Gasteiger partial charge is 0.332 e. The van der Waals surface area contributed by atoms with Crippen LogP contribution < -0.4 is 20.7 Å². The molecule has 0 saturated carbocycles. The number of methoxy groups -OCH3 is 2. The van der Waals surface area contributed by atoms with Gasteiger partial charge in [0.15, 0.2) is 22.8 Å². The molecule has 0 amide bonds. The molecule has 0 aliphatic carbocycles. The predicted octanol–water partition coefficient (Wildman–Crippen LogP) is 1.90. The maximum atomic E-state index is 13.3. The number of aromatic nitrogens is 4. The Kier molecular flexibility index (Phi) is 5.80. The van der Waals surface area contributed by atoms with Crippen molar-refractivity contribution in [1.29, 1.82) is 0 Å². The molecule has 0 saturated heterocycles. The molecule has 1 aromatic carbocycles. The minimum atomic E-state index is -0.604. The van der Waals surface area contributed by atoms with E-state index in [4.69, 9.17) is 9.47 Å². The Balaban J connectivity index is 1.81. The number of nitrogens with zero attached hydrogens (tertiary/aromatic N) is 4. The lowest BCUT2D eigenvalue weighted by atomic mass is 10.1. The van der Waals surface area contributed by atoms with Gasteiger partial charge in [0.1, 0.15) is 0 Å². The van der Waals surface area contributed by atoms with Crippen LogP contribution in [0.4, 0.5) is 0 Å². The normalized spacial score (nSPS) is 10.8. The van der Waals surface area contributed by atoms with Crippen LogP contribution in [-0.4, -0.2) is 39.1 Å². The van der Waals surface area contributed by atoms with E-state index in [9.17, 15) is 14.4 Å². The summed E-state index contributed by atoms with van der Waals surface area (Å²) in [5.74, 6) is 0.560. The number of carbonyl (C=O) groups is 1. The summed E-state index contributed by atoms with van der Waals surface area (Å²) in [5.41, 5.74) is 0.295. The summed E-state index contributed by atoms with van der Waals surface area (Å²) in [6, 6.07) is 11.5. The second-order valence-corrected chi connectivity index (χ2v) is 6.99. The second-order valence-electron chi connectivity index (χ2n) is 6.99. The van der Waals surface area contributed by atoms with Crippen molar-refractivity contribution in [2.75, 3.05) is 14.2 Å². The lowest BCUT2D eigenvalue weighted by molar-refractivity contribution is 0.0971. The first-order valence-electron chi connectivity index (χ1n) is 9.76. The zero-order chi connectivity index (χ0) is 22.7. The predicted molar refractivity (Wildman–Crippen MR) is 117 cm³/mol. The molecule has 3 aromatic heterocycles. The molecular formula is C23H20N4O5. The number of ketones is 1. The van der Waals surface area contributed by atoms with E-state index in [1.54, 1.807) is 54.9 Å². The van der Waals surface area contributed by atoms with Gasteiger partial charge >= 0.3 is 5.69 Å². The highest BCUT2D eigenvalue weighted by molar-refractivity contribution is 5.97. The van der Waals surface area contributed by atoms with Gasteiger partial charge in [-0.25, -0.2) is 9.78 Å². The van der Waals surface area contributed by atoms with Gasteiger partial charge in [0.2, 0.25) is 0 Å². The molecule has 0 N–H and O–H groups in total. The van der Waals surface area contributed by atoms with Gasteiger partial charge in [-0.05, 0) is 42.0 Å². The van der Waals surface area contributed by atoms with E-state index in [-0.39, 0.29) is 24.4 Å².